The highest BCUT2D eigenvalue weighted by atomic mass is 16.2. The summed E-state index contributed by atoms with van der Waals surface area (Å²) < 4.78 is 0. The molecule has 1 N–H and O–H groups in total. The van der Waals surface area contributed by atoms with Crippen LogP contribution in [0.2, 0.25) is 0 Å². The number of hydrogen-bond donors (Lipinski definition) is 1. The van der Waals surface area contributed by atoms with Gasteiger partial charge in [0.25, 0.3) is 5.91 Å². The number of nitrogens with zero attached hydrogens (tertiary/aromatic N) is 3. The van der Waals surface area contributed by atoms with E-state index in [4.69, 9.17) is 0 Å². The molecule has 0 aliphatic rings. The van der Waals surface area contributed by atoms with E-state index < -0.39 is 0 Å². The molecule has 0 saturated carbocycles. The van der Waals surface area contributed by atoms with Gasteiger partial charge in [-0.05, 0) is 45.2 Å². The zero-order valence-corrected chi connectivity index (χ0v) is 15.7. The molecule has 0 fully saturated rings. The summed E-state index contributed by atoms with van der Waals surface area (Å²) in [6, 6.07) is 6.72. The Morgan fingerprint density at radius 2 is 1.48 bits per heavy atom. The Kier molecular flexibility index (Phi) is 8.07. The van der Waals surface area contributed by atoms with Crippen LogP contribution in [0.25, 0.3) is 0 Å². The van der Waals surface area contributed by atoms with E-state index in [1.165, 1.54) is 4.90 Å². The molecule has 0 atom stereocenters. The lowest BCUT2D eigenvalue weighted by Crippen LogP contribution is -2.41. The van der Waals surface area contributed by atoms with Gasteiger partial charge in [-0.25, -0.2) is 0 Å². The van der Waals surface area contributed by atoms with Gasteiger partial charge < -0.3 is 15.1 Å². The molecule has 25 heavy (non-hydrogen) atoms. The third kappa shape index (κ3) is 6.54. The number of anilines is 1. The molecule has 0 bridgehead atoms. The summed E-state index contributed by atoms with van der Waals surface area (Å²) in [7, 11) is 5.11. The zero-order valence-electron chi connectivity index (χ0n) is 15.7. The van der Waals surface area contributed by atoms with E-state index in [0.717, 1.165) is 0 Å². The molecule has 138 valence electrons. The number of likely N-dealkylation sites (N-methyl/N-ethyl adjacent to an activating group) is 2. The summed E-state index contributed by atoms with van der Waals surface area (Å²) in [5, 5.41) is 2.77. The van der Waals surface area contributed by atoms with Gasteiger partial charge in [0.2, 0.25) is 11.8 Å². The van der Waals surface area contributed by atoms with Crippen LogP contribution in [0.4, 0.5) is 5.69 Å². The molecule has 0 radical (unpaired) electrons. The van der Waals surface area contributed by atoms with Crippen molar-refractivity contribution >= 4 is 23.4 Å². The predicted molar refractivity (Wildman–Crippen MR) is 98.5 cm³/mol. The van der Waals surface area contributed by atoms with Crippen molar-refractivity contribution in [1.82, 2.24) is 14.7 Å². The lowest BCUT2D eigenvalue weighted by Gasteiger charge is -2.22. The molecule has 1 rings (SSSR count). The molecule has 1 aromatic rings. The summed E-state index contributed by atoms with van der Waals surface area (Å²) in [6.45, 7) is 5.50. The van der Waals surface area contributed by atoms with Gasteiger partial charge in [0, 0.05) is 38.4 Å². The molecular weight excluding hydrogens is 320 g/mol. The molecule has 1 aromatic carbocycles. The van der Waals surface area contributed by atoms with E-state index in [0.29, 0.717) is 24.3 Å². The maximum Gasteiger partial charge on any atom is 0.253 e. The first-order valence-corrected chi connectivity index (χ1v) is 8.36. The largest absolute Gasteiger partial charge is 0.345 e. The first-order valence-electron chi connectivity index (χ1n) is 8.36. The molecule has 0 spiro atoms. The molecule has 0 saturated heterocycles. The Morgan fingerprint density at radius 3 is 1.96 bits per heavy atom. The molecule has 0 unspecified atom stereocenters. The van der Waals surface area contributed by atoms with Crippen molar-refractivity contribution in [2.24, 2.45) is 0 Å². The van der Waals surface area contributed by atoms with Crippen molar-refractivity contribution in [2.45, 2.75) is 13.8 Å². The SMILES string of the molecule is CCN(CC)C(=O)CN(C)CC(=O)Nc1ccc(C(=O)N(C)C)cc1. The first kappa shape index (κ1) is 20.6. The monoisotopic (exact) mass is 348 g/mol. The fourth-order valence-electron chi connectivity index (χ4n) is 2.36. The topological polar surface area (TPSA) is 73.0 Å². The van der Waals surface area contributed by atoms with Crippen LogP contribution < -0.4 is 5.32 Å². The number of nitrogens with one attached hydrogen (secondary N) is 1. The van der Waals surface area contributed by atoms with Gasteiger partial charge in [-0.3, -0.25) is 19.3 Å². The van der Waals surface area contributed by atoms with Crippen molar-refractivity contribution in [1.29, 1.82) is 0 Å². The Morgan fingerprint density at radius 1 is 0.920 bits per heavy atom. The van der Waals surface area contributed by atoms with Crippen LogP contribution in [0.5, 0.6) is 0 Å². The minimum Gasteiger partial charge on any atom is -0.345 e. The fraction of sp³-hybridized carbons (Fsp3) is 0.500. The summed E-state index contributed by atoms with van der Waals surface area (Å²) in [6.07, 6.45) is 0. The predicted octanol–water partition coefficient (Wildman–Crippen LogP) is 1.13. The van der Waals surface area contributed by atoms with E-state index in [-0.39, 0.29) is 30.8 Å². The van der Waals surface area contributed by atoms with Gasteiger partial charge in [-0.1, -0.05) is 0 Å². The number of amides is 3. The highest BCUT2D eigenvalue weighted by Gasteiger charge is 2.15. The van der Waals surface area contributed by atoms with Crippen molar-refractivity contribution in [2.75, 3.05) is 52.6 Å². The first-order chi connectivity index (χ1) is 11.8. The lowest BCUT2D eigenvalue weighted by atomic mass is 10.2. The van der Waals surface area contributed by atoms with Crippen LogP contribution >= 0.6 is 0 Å². The van der Waals surface area contributed by atoms with Gasteiger partial charge >= 0.3 is 0 Å². The number of carbonyl (C=O) groups is 3. The van der Waals surface area contributed by atoms with Crippen molar-refractivity contribution in [3.63, 3.8) is 0 Å². The van der Waals surface area contributed by atoms with E-state index in [1.54, 1.807) is 55.2 Å². The maximum absolute atomic E-state index is 12.1. The molecule has 0 aliphatic carbocycles. The Labute approximate surface area is 149 Å². The van der Waals surface area contributed by atoms with Gasteiger partial charge in [-0.15, -0.1) is 0 Å². The third-order valence-electron chi connectivity index (χ3n) is 3.76. The second-order valence-corrected chi connectivity index (χ2v) is 6.06. The van der Waals surface area contributed by atoms with Gasteiger partial charge in [0.05, 0.1) is 13.1 Å². The smallest absolute Gasteiger partial charge is 0.253 e. The van der Waals surface area contributed by atoms with Gasteiger partial charge in [0.15, 0.2) is 0 Å². The summed E-state index contributed by atoms with van der Waals surface area (Å²) in [5.74, 6) is -0.291. The maximum atomic E-state index is 12.1. The van der Waals surface area contributed by atoms with Crippen LogP contribution in [-0.2, 0) is 9.59 Å². The van der Waals surface area contributed by atoms with Gasteiger partial charge in [0.1, 0.15) is 0 Å². The number of hydrogen-bond acceptors (Lipinski definition) is 4. The van der Waals surface area contributed by atoms with Crippen LogP contribution in [0, 0.1) is 0 Å². The van der Waals surface area contributed by atoms with Crippen molar-refractivity contribution < 1.29 is 14.4 Å². The Balaban J connectivity index is 2.53. The highest BCUT2D eigenvalue weighted by Crippen LogP contribution is 2.11. The number of rotatable bonds is 8. The van der Waals surface area contributed by atoms with Gasteiger partial charge in [-0.2, -0.15) is 0 Å². The normalized spacial score (nSPS) is 10.5. The number of benzene rings is 1. The molecule has 0 aliphatic heterocycles. The number of carbonyl (C=O) groups excluding carboxylic acids is 3. The standard InChI is InChI=1S/C18H28N4O3/c1-6-22(7-2)17(24)13-21(5)12-16(23)19-15-10-8-14(9-11-15)18(25)20(3)4/h8-11H,6-7,12-13H2,1-5H3,(H,19,23). The van der Waals surface area contributed by atoms with Crippen LogP contribution in [0.3, 0.4) is 0 Å². The van der Waals surface area contributed by atoms with E-state index in [2.05, 4.69) is 5.32 Å². The zero-order chi connectivity index (χ0) is 19.0. The van der Waals surface area contributed by atoms with Crippen molar-refractivity contribution in [3.8, 4) is 0 Å². The van der Waals surface area contributed by atoms with Crippen LogP contribution in [-0.4, -0.2) is 79.7 Å². The van der Waals surface area contributed by atoms with Crippen LogP contribution in [0.15, 0.2) is 24.3 Å². The average molecular weight is 348 g/mol. The fourth-order valence-corrected chi connectivity index (χ4v) is 2.36. The second kappa shape index (κ2) is 9.78. The highest BCUT2D eigenvalue weighted by molar-refractivity contribution is 5.96. The quantitative estimate of drug-likeness (QED) is 0.764. The van der Waals surface area contributed by atoms with E-state index in [9.17, 15) is 14.4 Å². The van der Waals surface area contributed by atoms with Crippen LogP contribution in [0.1, 0.15) is 24.2 Å². The third-order valence-corrected chi connectivity index (χ3v) is 3.76. The molecule has 0 aromatic heterocycles. The Hall–Kier alpha value is -2.41. The van der Waals surface area contributed by atoms with E-state index >= 15 is 0 Å². The molecule has 0 heterocycles. The summed E-state index contributed by atoms with van der Waals surface area (Å²) in [5.41, 5.74) is 1.17. The molecule has 7 nitrogen and oxygen atoms in total. The average Bonchev–Trinajstić information content (AvgIpc) is 2.55. The lowest BCUT2D eigenvalue weighted by molar-refractivity contribution is -0.132. The summed E-state index contributed by atoms with van der Waals surface area (Å²) >= 11 is 0. The molecule has 7 heteroatoms. The minimum absolute atomic E-state index is 0.00634. The van der Waals surface area contributed by atoms with Crippen molar-refractivity contribution in [3.05, 3.63) is 29.8 Å². The second-order valence-electron chi connectivity index (χ2n) is 6.06. The Bertz CT molecular complexity index is 595. The summed E-state index contributed by atoms with van der Waals surface area (Å²) in [4.78, 5) is 40.8. The molecule has 3 amide bonds. The minimum atomic E-state index is -0.207. The van der Waals surface area contributed by atoms with E-state index in [1.807, 2.05) is 13.8 Å². The molecular formula is C18H28N4O3.